The molecule has 0 fully saturated rings. The third-order valence-corrected chi connectivity index (χ3v) is 3.03. The van der Waals surface area contributed by atoms with E-state index in [4.69, 9.17) is 0 Å². The van der Waals surface area contributed by atoms with Crippen molar-refractivity contribution in [3.63, 3.8) is 0 Å². The average molecular weight is 322 g/mol. The molecule has 0 aliphatic rings. The van der Waals surface area contributed by atoms with Crippen LogP contribution in [0, 0.1) is 10.1 Å². The fourth-order valence-corrected chi connectivity index (χ4v) is 1.97. The van der Waals surface area contributed by atoms with Crippen LogP contribution in [0.3, 0.4) is 0 Å². The lowest BCUT2D eigenvalue weighted by Crippen LogP contribution is -2.10. The molecule has 0 atom stereocenters. The van der Waals surface area contributed by atoms with Gasteiger partial charge in [-0.15, -0.1) is 0 Å². The van der Waals surface area contributed by atoms with Gasteiger partial charge in [-0.1, -0.05) is 42.5 Å². The smallest absolute Gasteiger partial charge is 0.382 e. The highest BCUT2D eigenvalue weighted by atomic mass is 19.4. The van der Waals surface area contributed by atoms with Crippen molar-refractivity contribution >= 4 is 17.5 Å². The van der Waals surface area contributed by atoms with E-state index in [9.17, 15) is 23.3 Å². The Morgan fingerprint density at radius 3 is 2.43 bits per heavy atom. The number of nitrogens with one attached hydrogen (secondary N) is 1. The summed E-state index contributed by atoms with van der Waals surface area (Å²) >= 11 is 0. The minimum absolute atomic E-state index is 0.167. The third kappa shape index (κ3) is 4.57. The van der Waals surface area contributed by atoms with E-state index in [1.54, 1.807) is 6.08 Å². The number of benzene rings is 2. The van der Waals surface area contributed by atoms with Crippen LogP contribution < -0.4 is 5.32 Å². The minimum Gasteiger partial charge on any atom is -0.382 e. The Morgan fingerprint density at radius 1 is 1.13 bits per heavy atom. The molecular weight excluding hydrogens is 309 g/mol. The number of hydrogen-bond donors (Lipinski definition) is 1. The van der Waals surface area contributed by atoms with Crippen molar-refractivity contribution in [2.75, 3.05) is 11.9 Å². The van der Waals surface area contributed by atoms with Gasteiger partial charge in [0.2, 0.25) is 0 Å². The second-order valence-electron chi connectivity index (χ2n) is 4.68. The molecule has 1 N–H and O–H groups in total. The van der Waals surface area contributed by atoms with E-state index in [1.807, 2.05) is 36.4 Å². The van der Waals surface area contributed by atoms with Crippen LogP contribution in [0.5, 0.6) is 0 Å². The van der Waals surface area contributed by atoms with Crippen molar-refractivity contribution in [3.05, 3.63) is 75.8 Å². The molecule has 0 unspecified atom stereocenters. The van der Waals surface area contributed by atoms with Crippen molar-refractivity contribution in [2.45, 2.75) is 6.18 Å². The number of anilines is 1. The number of hydrogen-bond acceptors (Lipinski definition) is 3. The SMILES string of the molecule is O=[N+]([O-])c1ccc(NC/C=C/c2ccccc2)cc1C(F)(F)F. The highest BCUT2D eigenvalue weighted by Crippen LogP contribution is 2.37. The molecule has 0 bridgehead atoms. The number of alkyl halides is 3. The molecule has 0 saturated heterocycles. The van der Waals surface area contributed by atoms with Crippen molar-refractivity contribution in [1.82, 2.24) is 0 Å². The highest BCUT2D eigenvalue weighted by Gasteiger charge is 2.38. The zero-order valence-corrected chi connectivity index (χ0v) is 11.9. The molecule has 0 aliphatic heterocycles. The van der Waals surface area contributed by atoms with Gasteiger partial charge >= 0.3 is 6.18 Å². The molecule has 0 aliphatic carbocycles. The van der Waals surface area contributed by atoms with Crippen molar-refractivity contribution < 1.29 is 18.1 Å². The first-order chi connectivity index (χ1) is 10.9. The molecule has 0 radical (unpaired) electrons. The van der Waals surface area contributed by atoms with E-state index in [2.05, 4.69) is 5.32 Å². The average Bonchev–Trinajstić information content (AvgIpc) is 2.51. The maximum Gasteiger partial charge on any atom is 0.423 e. The third-order valence-electron chi connectivity index (χ3n) is 3.03. The number of halogens is 3. The number of rotatable bonds is 5. The topological polar surface area (TPSA) is 55.2 Å². The van der Waals surface area contributed by atoms with Gasteiger partial charge in [0.05, 0.1) is 4.92 Å². The summed E-state index contributed by atoms with van der Waals surface area (Å²) < 4.78 is 38.6. The second kappa shape index (κ2) is 6.95. The van der Waals surface area contributed by atoms with E-state index in [1.165, 1.54) is 6.07 Å². The van der Waals surface area contributed by atoms with Crippen LogP contribution in [0.4, 0.5) is 24.5 Å². The van der Waals surface area contributed by atoms with Gasteiger partial charge in [-0.05, 0) is 17.7 Å². The monoisotopic (exact) mass is 322 g/mol. The summed E-state index contributed by atoms with van der Waals surface area (Å²) in [4.78, 5) is 9.63. The second-order valence-corrected chi connectivity index (χ2v) is 4.68. The van der Waals surface area contributed by atoms with Crippen LogP contribution in [0.1, 0.15) is 11.1 Å². The van der Waals surface area contributed by atoms with E-state index in [-0.39, 0.29) is 5.69 Å². The summed E-state index contributed by atoms with van der Waals surface area (Å²) in [5.74, 6) is 0. The Hall–Kier alpha value is -2.83. The van der Waals surface area contributed by atoms with Gasteiger partial charge in [-0.25, -0.2) is 0 Å². The van der Waals surface area contributed by atoms with E-state index in [0.29, 0.717) is 6.54 Å². The van der Waals surface area contributed by atoms with Gasteiger partial charge in [-0.2, -0.15) is 13.2 Å². The van der Waals surface area contributed by atoms with E-state index >= 15 is 0 Å². The van der Waals surface area contributed by atoms with Crippen molar-refractivity contribution in [1.29, 1.82) is 0 Å². The van der Waals surface area contributed by atoms with Crippen LogP contribution in [0.2, 0.25) is 0 Å². The van der Waals surface area contributed by atoms with Crippen LogP contribution >= 0.6 is 0 Å². The summed E-state index contributed by atoms with van der Waals surface area (Å²) in [6, 6.07) is 12.3. The molecule has 0 amide bonds. The molecule has 23 heavy (non-hydrogen) atoms. The molecule has 0 aromatic heterocycles. The van der Waals surface area contributed by atoms with Crippen molar-refractivity contribution in [2.24, 2.45) is 0 Å². The molecular formula is C16H13F3N2O2. The Bertz CT molecular complexity index is 713. The fourth-order valence-electron chi connectivity index (χ4n) is 1.97. The number of nitrogens with zero attached hydrogens (tertiary/aromatic N) is 1. The lowest BCUT2D eigenvalue weighted by Gasteiger charge is -2.10. The molecule has 2 rings (SSSR count). The molecule has 2 aromatic rings. The number of nitro groups is 1. The maximum absolute atomic E-state index is 12.9. The first kappa shape index (κ1) is 16.5. The zero-order valence-electron chi connectivity index (χ0n) is 11.9. The summed E-state index contributed by atoms with van der Waals surface area (Å²) in [7, 11) is 0. The lowest BCUT2D eigenvalue weighted by molar-refractivity contribution is -0.388. The first-order valence-electron chi connectivity index (χ1n) is 6.69. The van der Waals surface area contributed by atoms with E-state index < -0.39 is 22.4 Å². The molecule has 7 heteroatoms. The van der Waals surface area contributed by atoms with Crippen molar-refractivity contribution in [3.8, 4) is 0 Å². The molecule has 0 saturated carbocycles. The summed E-state index contributed by atoms with van der Waals surface area (Å²) in [5, 5.41) is 13.5. The summed E-state index contributed by atoms with van der Waals surface area (Å²) in [6.07, 6.45) is -1.20. The largest absolute Gasteiger partial charge is 0.423 e. The van der Waals surface area contributed by atoms with Crippen LogP contribution in [0.25, 0.3) is 6.08 Å². The predicted molar refractivity (Wildman–Crippen MR) is 82.1 cm³/mol. The Balaban J connectivity index is 2.09. The standard InChI is InChI=1S/C16H13F3N2O2/c17-16(18,19)14-11-13(8-9-15(14)21(22)23)20-10-4-7-12-5-2-1-3-6-12/h1-9,11,20H,10H2/b7-4+. The Labute approximate surface area is 130 Å². The van der Waals surface area contributed by atoms with Gasteiger partial charge in [0, 0.05) is 18.3 Å². The maximum atomic E-state index is 12.9. The summed E-state index contributed by atoms with van der Waals surface area (Å²) in [6.45, 7) is 0.296. The normalized spacial score (nSPS) is 11.6. The Kier molecular flexibility index (Phi) is 5.00. The quantitative estimate of drug-likeness (QED) is 0.639. The zero-order chi connectivity index (χ0) is 16.9. The van der Waals surface area contributed by atoms with Crippen LogP contribution in [-0.2, 0) is 6.18 Å². The summed E-state index contributed by atoms with van der Waals surface area (Å²) in [5.41, 5.74) is -1.09. The predicted octanol–water partition coefficient (Wildman–Crippen LogP) is 4.74. The van der Waals surface area contributed by atoms with E-state index in [0.717, 1.165) is 17.7 Å². The van der Waals surface area contributed by atoms with Gasteiger partial charge in [-0.3, -0.25) is 10.1 Å². The lowest BCUT2D eigenvalue weighted by atomic mass is 10.1. The van der Waals surface area contributed by atoms with Gasteiger partial charge in [0.1, 0.15) is 5.56 Å². The van der Waals surface area contributed by atoms with Crippen LogP contribution in [-0.4, -0.2) is 11.5 Å². The molecule has 120 valence electrons. The number of nitro benzene ring substituents is 1. The van der Waals surface area contributed by atoms with Gasteiger partial charge in [0.25, 0.3) is 5.69 Å². The fraction of sp³-hybridized carbons (Fsp3) is 0.125. The van der Waals surface area contributed by atoms with Crippen LogP contribution in [0.15, 0.2) is 54.6 Å². The molecule has 4 nitrogen and oxygen atoms in total. The first-order valence-corrected chi connectivity index (χ1v) is 6.69. The van der Waals surface area contributed by atoms with Gasteiger partial charge in [0.15, 0.2) is 0 Å². The Morgan fingerprint density at radius 2 is 1.83 bits per heavy atom. The highest BCUT2D eigenvalue weighted by molar-refractivity contribution is 5.56. The molecule has 2 aromatic carbocycles. The molecule has 0 heterocycles. The molecule has 0 spiro atoms. The van der Waals surface area contributed by atoms with Gasteiger partial charge < -0.3 is 5.32 Å². The minimum atomic E-state index is -4.78.